The van der Waals surface area contributed by atoms with E-state index in [0.29, 0.717) is 34.8 Å². The lowest BCUT2D eigenvalue weighted by Crippen LogP contribution is -2.41. The molecule has 134 valence electrons. The molecule has 0 saturated carbocycles. The fraction of sp³-hybridized carbons (Fsp3) is 0.389. The van der Waals surface area contributed by atoms with Crippen LogP contribution in [-0.2, 0) is 17.8 Å². The van der Waals surface area contributed by atoms with Gasteiger partial charge in [0.05, 0.1) is 18.9 Å². The summed E-state index contributed by atoms with van der Waals surface area (Å²) in [6.45, 7) is 2.66. The molecule has 7 heteroatoms. The first-order valence-corrected chi connectivity index (χ1v) is 9.39. The van der Waals surface area contributed by atoms with E-state index < -0.39 is 0 Å². The van der Waals surface area contributed by atoms with Crippen molar-refractivity contribution in [3.63, 3.8) is 0 Å². The Morgan fingerprint density at radius 2 is 2.16 bits per heavy atom. The zero-order chi connectivity index (χ0) is 17.6. The van der Waals surface area contributed by atoms with Gasteiger partial charge in [-0.05, 0) is 54.9 Å². The van der Waals surface area contributed by atoms with Crippen molar-refractivity contribution in [2.24, 2.45) is 0 Å². The summed E-state index contributed by atoms with van der Waals surface area (Å²) in [5, 5.41) is 5.20. The lowest BCUT2D eigenvalue weighted by molar-refractivity contribution is 0.113. The Kier molecular flexibility index (Phi) is 6.59. The number of rotatable bonds is 6. The highest BCUT2D eigenvalue weighted by atomic mass is 35.5. The number of benzene rings is 1. The van der Waals surface area contributed by atoms with Crippen LogP contribution >= 0.6 is 35.4 Å². The summed E-state index contributed by atoms with van der Waals surface area (Å²) in [7, 11) is 0. The number of nitrogens with zero attached hydrogens (tertiary/aromatic N) is 1. The number of thiocarbonyl (C=S) groups is 1. The van der Waals surface area contributed by atoms with Gasteiger partial charge in [0.2, 0.25) is 0 Å². The Morgan fingerprint density at radius 1 is 1.28 bits per heavy atom. The van der Waals surface area contributed by atoms with Crippen LogP contribution in [0.2, 0.25) is 10.0 Å². The van der Waals surface area contributed by atoms with Crippen molar-refractivity contribution in [1.29, 1.82) is 0 Å². The molecule has 0 unspecified atom stereocenters. The quantitative estimate of drug-likeness (QED) is 0.717. The van der Waals surface area contributed by atoms with Crippen LogP contribution in [0.4, 0.5) is 0 Å². The molecule has 1 aromatic heterocycles. The average Bonchev–Trinajstić information content (AvgIpc) is 3.28. The van der Waals surface area contributed by atoms with E-state index in [1.165, 1.54) is 0 Å². The number of hydrogen-bond donors (Lipinski definition) is 1. The van der Waals surface area contributed by atoms with Crippen LogP contribution in [0.3, 0.4) is 0 Å². The maximum atomic E-state index is 6.32. The highest BCUT2D eigenvalue weighted by Gasteiger charge is 2.18. The van der Waals surface area contributed by atoms with E-state index in [2.05, 4.69) is 5.32 Å². The SMILES string of the molecule is S=C(NC[C@@H]1CCCO1)N(Cc1ccco1)Cc1ccc(Cl)cc1Cl. The molecule has 3 rings (SSSR count). The molecule has 1 atom stereocenters. The van der Waals surface area contributed by atoms with Crippen molar-refractivity contribution in [1.82, 2.24) is 10.2 Å². The van der Waals surface area contributed by atoms with E-state index in [1.807, 2.05) is 29.2 Å². The molecule has 1 fully saturated rings. The third kappa shape index (κ3) is 5.35. The minimum Gasteiger partial charge on any atom is -0.467 e. The zero-order valence-electron chi connectivity index (χ0n) is 13.7. The third-order valence-corrected chi connectivity index (χ3v) is 5.08. The molecule has 1 aliphatic heterocycles. The summed E-state index contributed by atoms with van der Waals surface area (Å²) in [5.74, 6) is 0.839. The van der Waals surface area contributed by atoms with Crippen molar-refractivity contribution >= 4 is 40.5 Å². The van der Waals surface area contributed by atoms with Gasteiger partial charge < -0.3 is 19.4 Å². The second-order valence-electron chi connectivity index (χ2n) is 5.99. The minimum atomic E-state index is 0.225. The molecule has 0 aliphatic carbocycles. The predicted octanol–water partition coefficient (Wildman–Crippen LogP) is 4.64. The molecule has 2 heterocycles. The van der Waals surface area contributed by atoms with Gasteiger partial charge in [0.15, 0.2) is 5.11 Å². The number of furan rings is 1. The smallest absolute Gasteiger partial charge is 0.169 e. The van der Waals surface area contributed by atoms with Crippen molar-refractivity contribution in [3.8, 4) is 0 Å². The Balaban J connectivity index is 1.68. The van der Waals surface area contributed by atoms with Crippen LogP contribution in [0.15, 0.2) is 41.0 Å². The molecule has 0 amide bonds. The molecule has 25 heavy (non-hydrogen) atoms. The fourth-order valence-electron chi connectivity index (χ4n) is 2.76. The van der Waals surface area contributed by atoms with E-state index in [-0.39, 0.29) is 6.10 Å². The van der Waals surface area contributed by atoms with E-state index in [1.54, 1.807) is 12.3 Å². The van der Waals surface area contributed by atoms with Gasteiger partial charge in [-0.25, -0.2) is 0 Å². The molecule has 4 nitrogen and oxygen atoms in total. The molecular weight excluding hydrogens is 379 g/mol. The summed E-state index contributed by atoms with van der Waals surface area (Å²) in [6.07, 6.45) is 4.06. The van der Waals surface area contributed by atoms with Crippen LogP contribution in [0.1, 0.15) is 24.2 Å². The first kappa shape index (κ1) is 18.5. The van der Waals surface area contributed by atoms with Gasteiger partial charge >= 0.3 is 0 Å². The van der Waals surface area contributed by atoms with Crippen LogP contribution in [0.25, 0.3) is 0 Å². The fourth-order valence-corrected chi connectivity index (χ4v) is 3.44. The molecule has 1 N–H and O–H groups in total. The molecule has 0 spiro atoms. The van der Waals surface area contributed by atoms with Gasteiger partial charge in [0.1, 0.15) is 5.76 Å². The topological polar surface area (TPSA) is 37.6 Å². The Morgan fingerprint density at radius 3 is 2.84 bits per heavy atom. The lowest BCUT2D eigenvalue weighted by Gasteiger charge is -2.26. The summed E-state index contributed by atoms with van der Waals surface area (Å²) in [6, 6.07) is 9.29. The van der Waals surface area contributed by atoms with Gasteiger partial charge in [0.25, 0.3) is 0 Å². The molecule has 1 aliphatic rings. The minimum absolute atomic E-state index is 0.225. The summed E-state index contributed by atoms with van der Waals surface area (Å²) < 4.78 is 11.1. The van der Waals surface area contributed by atoms with Crippen LogP contribution < -0.4 is 5.32 Å². The van der Waals surface area contributed by atoms with E-state index in [4.69, 9.17) is 44.6 Å². The van der Waals surface area contributed by atoms with Crippen molar-refractivity contribution in [3.05, 3.63) is 58.0 Å². The number of ether oxygens (including phenoxy) is 1. The average molecular weight is 399 g/mol. The molecule has 2 aromatic rings. The maximum Gasteiger partial charge on any atom is 0.169 e. The van der Waals surface area contributed by atoms with Crippen molar-refractivity contribution in [2.75, 3.05) is 13.2 Å². The number of hydrogen-bond acceptors (Lipinski definition) is 3. The number of nitrogens with one attached hydrogen (secondary N) is 1. The standard InChI is InChI=1S/C18H20Cl2N2O2S/c19-14-6-5-13(17(20)9-14)11-22(12-16-4-2-8-24-16)18(25)21-10-15-3-1-7-23-15/h2,4-6,8-9,15H,1,3,7,10-12H2,(H,21,25)/t15-/m0/s1. The molecule has 0 bridgehead atoms. The molecular formula is C18H20Cl2N2O2S. The number of halogens is 2. The predicted molar refractivity (Wildman–Crippen MR) is 104 cm³/mol. The normalized spacial score (nSPS) is 16.8. The largest absolute Gasteiger partial charge is 0.467 e. The Labute approximate surface area is 163 Å². The van der Waals surface area contributed by atoms with Crippen molar-refractivity contribution < 1.29 is 9.15 Å². The highest BCUT2D eigenvalue weighted by Crippen LogP contribution is 2.23. The zero-order valence-corrected chi connectivity index (χ0v) is 16.0. The van der Waals surface area contributed by atoms with E-state index >= 15 is 0 Å². The van der Waals surface area contributed by atoms with Gasteiger partial charge in [-0.1, -0.05) is 29.3 Å². The van der Waals surface area contributed by atoms with Gasteiger partial charge in [0, 0.05) is 29.7 Å². The van der Waals surface area contributed by atoms with Crippen LogP contribution in [-0.4, -0.2) is 29.3 Å². The van der Waals surface area contributed by atoms with Gasteiger partial charge in [-0.3, -0.25) is 0 Å². The summed E-state index contributed by atoms with van der Waals surface area (Å²) in [4.78, 5) is 2.03. The lowest BCUT2D eigenvalue weighted by atomic mass is 10.2. The van der Waals surface area contributed by atoms with E-state index in [9.17, 15) is 0 Å². The molecule has 1 aromatic carbocycles. The highest BCUT2D eigenvalue weighted by molar-refractivity contribution is 7.80. The Hall–Kier alpha value is -1.27. The second-order valence-corrected chi connectivity index (χ2v) is 7.22. The van der Waals surface area contributed by atoms with Crippen LogP contribution in [0.5, 0.6) is 0 Å². The van der Waals surface area contributed by atoms with E-state index in [0.717, 1.165) is 30.8 Å². The monoisotopic (exact) mass is 398 g/mol. The summed E-state index contributed by atoms with van der Waals surface area (Å²) in [5.41, 5.74) is 0.957. The van der Waals surface area contributed by atoms with Crippen LogP contribution in [0, 0.1) is 0 Å². The molecule has 1 saturated heterocycles. The van der Waals surface area contributed by atoms with Gasteiger partial charge in [-0.15, -0.1) is 0 Å². The van der Waals surface area contributed by atoms with Crippen molar-refractivity contribution in [2.45, 2.75) is 32.0 Å². The first-order valence-electron chi connectivity index (χ1n) is 8.22. The van der Waals surface area contributed by atoms with Gasteiger partial charge in [-0.2, -0.15) is 0 Å². The first-order chi connectivity index (χ1) is 12.1. The Bertz CT molecular complexity index is 703. The molecule has 0 radical (unpaired) electrons. The summed E-state index contributed by atoms with van der Waals surface area (Å²) >= 11 is 17.9. The maximum absolute atomic E-state index is 6.32. The third-order valence-electron chi connectivity index (χ3n) is 4.10. The second kappa shape index (κ2) is 8.90.